The molecule has 21 heavy (non-hydrogen) atoms. The largest absolute Gasteiger partial charge is 0.352 e. The van der Waals surface area contributed by atoms with E-state index in [1.165, 1.54) is 36.6 Å². The van der Waals surface area contributed by atoms with E-state index in [0.29, 0.717) is 6.54 Å². The van der Waals surface area contributed by atoms with Crippen LogP contribution < -0.4 is 5.32 Å². The van der Waals surface area contributed by atoms with Gasteiger partial charge < -0.3 is 5.32 Å². The number of carbonyl (C=O) groups excluding carboxylic acids is 1. The zero-order valence-corrected chi connectivity index (χ0v) is 12.4. The Balaban J connectivity index is 1.96. The second-order valence-electron chi connectivity index (χ2n) is 5.01. The van der Waals surface area contributed by atoms with Gasteiger partial charge in [0, 0.05) is 12.6 Å². The number of nitrogens with zero attached hydrogens (tertiary/aromatic N) is 1. The number of nitrogens with one attached hydrogen (secondary N) is 1. The molecule has 0 unspecified atom stereocenters. The predicted octanol–water partition coefficient (Wildman–Crippen LogP) is 3.87. The van der Waals surface area contributed by atoms with Gasteiger partial charge in [-0.25, -0.2) is 0 Å². The van der Waals surface area contributed by atoms with Gasteiger partial charge in [-0.1, -0.05) is 29.3 Å². The van der Waals surface area contributed by atoms with Crippen LogP contribution in [0, 0.1) is 10.1 Å². The van der Waals surface area contributed by atoms with Gasteiger partial charge in [-0.2, -0.15) is 0 Å². The lowest BCUT2D eigenvalue weighted by Gasteiger charge is -2.13. The fraction of sp³-hybridized carbons (Fsp3) is 0.400. The van der Waals surface area contributed by atoms with Crippen LogP contribution in [0.2, 0.25) is 5.02 Å². The molecule has 0 aromatic heterocycles. The number of benzene rings is 1. The molecule has 0 spiro atoms. The number of halogens is 1. The highest BCUT2D eigenvalue weighted by Crippen LogP contribution is 2.27. The van der Waals surface area contributed by atoms with Crippen molar-refractivity contribution in [1.29, 1.82) is 0 Å². The summed E-state index contributed by atoms with van der Waals surface area (Å²) < 4.78 is 0. The Morgan fingerprint density at radius 1 is 1.38 bits per heavy atom. The Morgan fingerprint density at radius 2 is 2.19 bits per heavy atom. The molecule has 0 heterocycles. The van der Waals surface area contributed by atoms with Gasteiger partial charge in [0.05, 0.1) is 10.5 Å². The van der Waals surface area contributed by atoms with Crippen molar-refractivity contribution in [2.24, 2.45) is 0 Å². The van der Waals surface area contributed by atoms with E-state index in [4.69, 9.17) is 11.6 Å². The third kappa shape index (κ3) is 4.04. The van der Waals surface area contributed by atoms with Crippen LogP contribution in [0.1, 0.15) is 42.5 Å². The third-order valence-corrected chi connectivity index (χ3v) is 3.93. The summed E-state index contributed by atoms with van der Waals surface area (Å²) in [6, 6.07) is 4.24. The van der Waals surface area contributed by atoms with Crippen LogP contribution in [0.15, 0.2) is 29.8 Å². The van der Waals surface area contributed by atoms with Gasteiger partial charge in [-0.05, 0) is 38.2 Å². The van der Waals surface area contributed by atoms with E-state index >= 15 is 0 Å². The van der Waals surface area contributed by atoms with Gasteiger partial charge in [0.25, 0.3) is 11.6 Å². The molecule has 0 bridgehead atoms. The number of allylic oxidation sites excluding steroid dienone is 1. The summed E-state index contributed by atoms with van der Waals surface area (Å²) in [5, 5.41) is 13.5. The molecule has 0 aliphatic heterocycles. The third-order valence-electron chi connectivity index (χ3n) is 3.54. The summed E-state index contributed by atoms with van der Waals surface area (Å²) in [4.78, 5) is 22.3. The molecule has 1 N–H and O–H groups in total. The first kappa shape index (κ1) is 15.5. The van der Waals surface area contributed by atoms with Crippen molar-refractivity contribution in [2.45, 2.75) is 32.1 Å². The van der Waals surface area contributed by atoms with E-state index in [-0.39, 0.29) is 22.2 Å². The monoisotopic (exact) mass is 308 g/mol. The molecule has 0 saturated carbocycles. The Hall–Kier alpha value is -1.88. The minimum atomic E-state index is -0.591. The summed E-state index contributed by atoms with van der Waals surface area (Å²) in [5.74, 6) is -0.375. The van der Waals surface area contributed by atoms with Crippen molar-refractivity contribution < 1.29 is 9.72 Å². The maximum Gasteiger partial charge on any atom is 0.288 e. The lowest BCUT2D eigenvalue weighted by atomic mass is 9.97. The van der Waals surface area contributed by atoms with Crippen molar-refractivity contribution >= 4 is 23.2 Å². The molecule has 0 fully saturated rings. The lowest BCUT2D eigenvalue weighted by molar-refractivity contribution is -0.384. The topological polar surface area (TPSA) is 72.2 Å². The standard InChI is InChI=1S/C15H17ClN2O3/c16-14-12(7-4-8-13(14)18(20)21)15(19)17-10-9-11-5-2-1-3-6-11/h4-5,7-8H,1-3,6,9-10H2,(H,17,19). The minimum Gasteiger partial charge on any atom is -0.352 e. The van der Waals surface area contributed by atoms with E-state index in [0.717, 1.165) is 19.3 Å². The minimum absolute atomic E-state index is 0.114. The molecule has 0 atom stereocenters. The second kappa shape index (κ2) is 7.22. The quantitative estimate of drug-likeness (QED) is 0.510. The van der Waals surface area contributed by atoms with Crippen LogP contribution in [-0.4, -0.2) is 17.4 Å². The number of rotatable bonds is 5. The van der Waals surface area contributed by atoms with Gasteiger partial charge in [0.15, 0.2) is 0 Å². The molecule has 6 heteroatoms. The van der Waals surface area contributed by atoms with Gasteiger partial charge in [0.2, 0.25) is 0 Å². The van der Waals surface area contributed by atoms with Crippen molar-refractivity contribution in [3.63, 3.8) is 0 Å². The van der Waals surface area contributed by atoms with Crippen LogP contribution >= 0.6 is 11.6 Å². The average molecular weight is 309 g/mol. The lowest BCUT2D eigenvalue weighted by Crippen LogP contribution is -2.25. The first-order valence-corrected chi connectivity index (χ1v) is 7.36. The number of nitro groups is 1. The van der Waals surface area contributed by atoms with E-state index in [2.05, 4.69) is 11.4 Å². The van der Waals surface area contributed by atoms with Crippen LogP contribution in [0.25, 0.3) is 0 Å². The Labute approximate surface area is 128 Å². The van der Waals surface area contributed by atoms with Gasteiger partial charge in [-0.3, -0.25) is 14.9 Å². The highest BCUT2D eigenvalue weighted by Gasteiger charge is 2.19. The Bertz CT molecular complexity index is 584. The van der Waals surface area contributed by atoms with Gasteiger partial charge in [-0.15, -0.1) is 0 Å². The molecule has 2 rings (SSSR count). The maximum atomic E-state index is 12.0. The normalized spacial score (nSPS) is 14.4. The highest BCUT2D eigenvalue weighted by atomic mass is 35.5. The maximum absolute atomic E-state index is 12.0. The molecule has 5 nitrogen and oxygen atoms in total. The molecule has 0 radical (unpaired) electrons. The number of nitro benzene ring substituents is 1. The predicted molar refractivity (Wildman–Crippen MR) is 81.6 cm³/mol. The smallest absolute Gasteiger partial charge is 0.288 e. The zero-order chi connectivity index (χ0) is 15.2. The molecule has 1 aliphatic carbocycles. The van der Waals surface area contributed by atoms with E-state index < -0.39 is 4.92 Å². The number of amides is 1. The summed E-state index contributed by atoms with van der Waals surface area (Å²) in [6.45, 7) is 0.518. The Kier molecular flexibility index (Phi) is 5.33. The van der Waals surface area contributed by atoms with Gasteiger partial charge >= 0.3 is 0 Å². The summed E-state index contributed by atoms with van der Waals surface area (Å²) in [5.41, 5.74) is 1.26. The van der Waals surface area contributed by atoms with Crippen molar-refractivity contribution in [3.8, 4) is 0 Å². The molecule has 0 saturated heterocycles. The second-order valence-corrected chi connectivity index (χ2v) is 5.39. The molecule has 1 aromatic rings. The molecular weight excluding hydrogens is 292 g/mol. The molecule has 1 aliphatic rings. The van der Waals surface area contributed by atoms with Crippen molar-refractivity contribution in [1.82, 2.24) is 5.32 Å². The van der Waals surface area contributed by atoms with E-state index in [1.807, 2.05) is 0 Å². The fourth-order valence-corrected chi connectivity index (χ4v) is 2.68. The first-order chi connectivity index (χ1) is 10.1. The highest BCUT2D eigenvalue weighted by molar-refractivity contribution is 6.35. The zero-order valence-electron chi connectivity index (χ0n) is 11.6. The number of hydrogen-bond acceptors (Lipinski definition) is 3. The van der Waals surface area contributed by atoms with Crippen LogP contribution in [0.5, 0.6) is 0 Å². The molecule has 1 amide bonds. The summed E-state index contributed by atoms with van der Waals surface area (Å²) in [7, 11) is 0. The number of carbonyl (C=O) groups is 1. The van der Waals surface area contributed by atoms with Crippen LogP contribution in [0.4, 0.5) is 5.69 Å². The molecule has 1 aromatic carbocycles. The van der Waals surface area contributed by atoms with Gasteiger partial charge in [0.1, 0.15) is 5.02 Å². The molecule has 112 valence electrons. The van der Waals surface area contributed by atoms with Crippen molar-refractivity contribution in [3.05, 3.63) is 50.5 Å². The van der Waals surface area contributed by atoms with Crippen molar-refractivity contribution in [2.75, 3.05) is 6.54 Å². The average Bonchev–Trinajstić information content (AvgIpc) is 2.48. The van der Waals surface area contributed by atoms with Crippen LogP contribution in [0.3, 0.4) is 0 Å². The fourth-order valence-electron chi connectivity index (χ4n) is 2.40. The first-order valence-electron chi connectivity index (χ1n) is 6.98. The molecular formula is C15H17ClN2O3. The summed E-state index contributed by atoms with van der Waals surface area (Å²) >= 11 is 5.91. The number of hydrogen-bond donors (Lipinski definition) is 1. The van der Waals surface area contributed by atoms with Crippen LogP contribution in [-0.2, 0) is 0 Å². The van der Waals surface area contributed by atoms with E-state index in [9.17, 15) is 14.9 Å². The summed E-state index contributed by atoms with van der Waals surface area (Å²) in [6.07, 6.45) is 7.69. The SMILES string of the molecule is O=C(NCCC1=CCCCC1)c1cccc([N+](=O)[O-])c1Cl. The Morgan fingerprint density at radius 3 is 2.86 bits per heavy atom. The van der Waals surface area contributed by atoms with E-state index in [1.54, 1.807) is 0 Å².